The number of carbonyl (C=O) groups excluding carboxylic acids is 1. The highest BCUT2D eigenvalue weighted by Gasteiger charge is 2.43. The van der Waals surface area contributed by atoms with Gasteiger partial charge in [0.25, 0.3) is 11.5 Å². The Morgan fingerprint density at radius 2 is 1.60 bits per heavy atom. The van der Waals surface area contributed by atoms with Crippen molar-refractivity contribution in [1.82, 2.24) is 19.7 Å². The van der Waals surface area contributed by atoms with Crippen molar-refractivity contribution >= 4 is 22.4 Å². The molecule has 7 nitrogen and oxygen atoms in total. The number of halogens is 7. The molecule has 0 aliphatic heterocycles. The number of carbonyl (C=O) groups is 1. The summed E-state index contributed by atoms with van der Waals surface area (Å²) in [5, 5.41) is 5.54. The standard InChI is InChI=1S/C26H14F7N5O2/c27-22-20(21(26(31,32)33)38(37-22)18-3-1-2-17-16(18)9-11-35-23(17)39)24(40)36-15-6-4-13(5-7-15)14-8-10-34-19(12-14)25(28,29)30/h1-12H,(H,35,39)(H,36,40). The van der Waals surface area contributed by atoms with E-state index in [1.807, 2.05) is 0 Å². The van der Waals surface area contributed by atoms with E-state index in [-0.39, 0.29) is 32.4 Å². The molecule has 0 atom stereocenters. The van der Waals surface area contributed by atoms with E-state index >= 15 is 0 Å². The molecule has 2 N–H and O–H groups in total. The summed E-state index contributed by atoms with van der Waals surface area (Å²) in [6.07, 6.45) is -7.74. The van der Waals surface area contributed by atoms with Gasteiger partial charge in [-0.2, -0.15) is 30.7 Å². The van der Waals surface area contributed by atoms with Gasteiger partial charge < -0.3 is 10.3 Å². The van der Waals surface area contributed by atoms with Crippen LogP contribution < -0.4 is 10.9 Å². The number of aromatic nitrogens is 4. The van der Waals surface area contributed by atoms with Crippen LogP contribution in [-0.2, 0) is 12.4 Å². The zero-order chi connectivity index (χ0) is 28.8. The average molecular weight is 561 g/mol. The van der Waals surface area contributed by atoms with Crippen LogP contribution in [-0.4, -0.2) is 25.7 Å². The van der Waals surface area contributed by atoms with Gasteiger partial charge in [0, 0.05) is 28.9 Å². The summed E-state index contributed by atoms with van der Waals surface area (Å²) < 4.78 is 96.5. The van der Waals surface area contributed by atoms with Gasteiger partial charge in [-0.15, -0.1) is 5.10 Å². The number of hydrogen-bond donors (Lipinski definition) is 2. The number of nitrogens with one attached hydrogen (secondary N) is 2. The Kier molecular flexibility index (Phi) is 6.40. The Morgan fingerprint density at radius 1 is 0.875 bits per heavy atom. The molecule has 3 heterocycles. The molecule has 5 aromatic rings. The zero-order valence-electron chi connectivity index (χ0n) is 19.7. The van der Waals surface area contributed by atoms with E-state index in [0.717, 1.165) is 12.3 Å². The monoisotopic (exact) mass is 561 g/mol. The summed E-state index contributed by atoms with van der Waals surface area (Å²) in [6, 6.07) is 12.4. The SMILES string of the molecule is O=C(Nc1ccc(-c2ccnc(C(F)(F)F)c2)cc1)c1c(F)nn(-c2cccc3c(=O)[nH]ccc23)c1C(F)(F)F. The van der Waals surface area contributed by atoms with Crippen LogP contribution in [0.3, 0.4) is 0 Å². The summed E-state index contributed by atoms with van der Waals surface area (Å²) in [5.74, 6) is -3.18. The van der Waals surface area contributed by atoms with Crippen molar-refractivity contribution in [3.05, 3.63) is 106 Å². The van der Waals surface area contributed by atoms with Gasteiger partial charge in [0.15, 0.2) is 5.69 Å². The molecule has 0 saturated carbocycles. The largest absolute Gasteiger partial charge is 0.434 e. The van der Waals surface area contributed by atoms with E-state index in [9.17, 15) is 40.3 Å². The van der Waals surface area contributed by atoms with E-state index in [0.29, 0.717) is 5.56 Å². The van der Waals surface area contributed by atoms with E-state index in [2.05, 4.69) is 20.4 Å². The predicted octanol–water partition coefficient (Wildman–Crippen LogP) is 6.20. The van der Waals surface area contributed by atoms with Crippen LogP contribution in [0.4, 0.5) is 36.4 Å². The van der Waals surface area contributed by atoms with Gasteiger partial charge in [0.05, 0.1) is 5.69 Å². The second kappa shape index (κ2) is 9.63. The van der Waals surface area contributed by atoms with Gasteiger partial charge >= 0.3 is 12.4 Å². The van der Waals surface area contributed by atoms with Crippen LogP contribution in [0, 0.1) is 5.95 Å². The summed E-state index contributed by atoms with van der Waals surface area (Å²) >= 11 is 0. The Labute approximate surface area is 218 Å². The normalized spacial score (nSPS) is 12.1. The van der Waals surface area contributed by atoms with E-state index < -0.39 is 46.7 Å². The maximum Gasteiger partial charge on any atom is 0.434 e. The number of hydrogen-bond acceptors (Lipinski definition) is 4. The van der Waals surface area contributed by atoms with Gasteiger partial charge in [0.2, 0.25) is 5.95 Å². The summed E-state index contributed by atoms with van der Waals surface area (Å²) in [7, 11) is 0. The quantitative estimate of drug-likeness (QED) is 0.256. The lowest BCUT2D eigenvalue weighted by atomic mass is 10.1. The minimum Gasteiger partial charge on any atom is -0.329 e. The molecule has 0 fully saturated rings. The number of benzene rings is 2. The van der Waals surface area contributed by atoms with Crippen LogP contribution in [0.1, 0.15) is 21.7 Å². The van der Waals surface area contributed by atoms with Crippen molar-refractivity contribution in [2.75, 3.05) is 5.32 Å². The molecule has 0 bridgehead atoms. The third kappa shape index (κ3) is 4.90. The number of amides is 1. The molecule has 2 aromatic carbocycles. The molecule has 5 rings (SSSR count). The minimum absolute atomic E-state index is 0.0201. The van der Waals surface area contributed by atoms with Crippen LogP contribution in [0.25, 0.3) is 27.6 Å². The lowest BCUT2D eigenvalue weighted by Crippen LogP contribution is -2.21. The van der Waals surface area contributed by atoms with Crippen molar-refractivity contribution in [3.63, 3.8) is 0 Å². The smallest absolute Gasteiger partial charge is 0.329 e. The Hall–Kier alpha value is -5.01. The highest BCUT2D eigenvalue weighted by molar-refractivity contribution is 6.05. The fourth-order valence-corrected chi connectivity index (χ4v) is 4.12. The van der Waals surface area contributed by atoms with E-state index in [4.69, 9.17) is 0 Å². The zero-order valence-corrected chi connectivity index (χ0v) is 19.7. The van der Waals surface area contributed by atoms with Crippen LogP contribution in [0.5, 0.6) is 0 Å². The van der Waals surface area contributed by atoms with Crippen molar-refractivity contribution in [1.29, 1.82) is 0 Å². The Balaban J connectivity index is 1.51. The number of pyridine rings is 2. The van der Waals surface area contributed by atoms with Crippen LogP contribution >= 0.6 is 0 Å². The van der Waals surface area contributed by atoms with Crippen molar-refractivity contribution < 1.29 is 35.5 Å². The van der Waals surface area contributed by atoms with Crippen molar-refractivity contribution in [2.24, 2.45) is 0 Å². The van der Waals surface area contributed by atoms with Crippen molar-refractivity contribution in [2.45, 2.75) is 12.4 Å². The molecule has 204 valence electrons. The molecule has 0 spiro atoms. The molecule has 40 heavy (non-hydrogen) atoms. The van der Waals surface area contributed by atoms with Gasteiger partial charge in [-0.1, -0.05) is 18.2 Å². The maximum atomic E-state index is 14.9. The molecule has 1 amide bonds. The van der Waals surface area contributed by atoms with Gasteiger partial charge in [-0.25, -0.2) is 4.68 Å². The fraction of sp³-hybridized carbons (Fsp3) is 0.0769. The van der Waals surface area contributed by atoms with Crippen LogP contribution in [0.2, 0.25) is 0 Å². The lowest BCUT2D eigenvalue weighted by molar-refractivity contribution is -0.143. The third-order valence-corrected chi connectivity index (χ3v) is 5.89. The third-order valence-electron chi connectivity index (χ3n) is 5.89. The molecular formula is C26H14F7N5O2. The Bertz CT molecular complexity index is 1810. The summed E-state index contributed by atoms with van der Waals surface area (Å²) in [6.45, 7) is 0. The topological polar surface area (TPSA) is 92.7 Å². The average Bonchev–Trinajstić information content (AvgIpc) is 3.26. The molecule has 0 aliphatic carbocycles. The first-order chi connectivity index (χ1) is 18.8. The maximum absolute atomic E-state index is 14.9. The van der Waals surface area contributed by atoms with Gasteiger partial charge in [-0.3, -0.25) is 14.6 Å². The number of alkyl halides is 6. The number of fused-ring (bicyclic) bond motifs is 1. The lowest BCUT2D eigenvalue weighted by Gasteiger charge is -2.14. The molecule has 3 aromatic heterocycles. The Morgan fingerprint density at radius 3 is 2.27 bits per heavy atom. The van der Waals surface area contributed by atoms with Gasteiger partial charge in [-0.05, 0) is 53.6 Å². The highest BCUT2D eigenvalue weighted by atomic mass is 19.4. The number of rotatable bonds is 4. The first kappa shape index (κ1) is 26.6. The fourth-order valence-electron chi connectivity index (χ4n) is 4.12. The number of anilines is 1. The first-order valence-electron chi connectivity index (χ1n) is 11.3. The van der Waals surface area contributed by atoms with Crippen molar-refractivity contribution in [3.8, 4) is 16.8 Å². The predicted molar refractivity (Wildman–Crippen MR) is 129 cm³/mol. The number of aromatic amines is 1. The summed E-state index contributed by atoms with van der Waals surface area (Å²) in [4.78, 5) is 30.6. The first-order valence-corrected chi connectivity index (χ1v) is 11.3. The molecular weight excluding hydrogens is 547 g/mol. The minimum atomic E-state index is -5.24. The molecule has 14 heteroatoms. The second-order valence-corrected chi connectivity index (χ2v) is 8.43. The molecule has 0 aliphatic rings. The second-order valence-electron chi connectivity index (χ2n) is 8.43. The van der Waals surface area contributed by atoms with Crippen LogP contribution in [0.15, 0.2) is 77.9 Å². The summed E-state index contributed by atoms with van der Waals surface area (Å²) in [5.41, 5.74) is -4.70. The van der Waals surface area contributed by atoms with Gasteiger partial charge in [0.1, 0.15) is 11.3 Å². The highest BCUT2D eigenvalue weighted by Crippen LogP contribution is 2.37. The molecule has 0 radical (unpaired) electrons. The van der Waals surface area contributed by atoms with E-state index in [1.54, 1.807) is 0 Å². The molecule has 0 unspecified atom stereocenters. The number of nitrogens with zero attached hydrogens (tertiary/aromatic N) is 3. The number of H-pyrrole nitrogens is 1. The van der Waals surface area contributed by atoms with E-state index in [1.165, 1.54) is 60.8 Å². The molecule has 0 saturated heterocycles.